The van der Waals surface area contributed by atoms with Crippen LogP contribution in [0.15, 0.2) is 29.4 Å². The smallest absolute Gasteiger partial charge is 0.122 e. The molecule has 0 saturated heterocycles. The maximum absolute atomic E-state index is 5.58. The lowest BCUT2D eigenvalue weighted by Gasteiger charge is -2.20. The van der Waals surface area contributed by atoms with Gasteiger partial charge in [-0.25, -0.2) is 0 Å². The van der Waals surface area contributed by atoms with Crippen LogP contribution in [0.5, 0.6) is 0 Å². The lowest BCUT2D eigenvalue weighted by molar-refractivity contribution is 0.150. The fourth-order valence-electron chi connectivity index (χ4n) is 2.07. The second-order valence-corrected chi connectivity index (χ2v) is 5.04. The summed E-state index contributed by atoms with van der Waals surface area (Å²) in [4.78, 5) is 2.31. The number of nitrogens with zero attached hydrogens (tertiary/aromatic N) is 1. The van der Waals surface area contributed by atoms with E-state index in [0.717, 1.165) is 38.5 Å². The maximum atomic E-state index is 5.58. The summed E-state index contributed by atoms with van der Waals surface area (Å²) in [7, 11) is 1.73. The van der Waals surface area contributed by atoms with Crippen LogP contribution in [0.2, 0.25) is 0 Å². The Morgan fingerprint density at radius 3 is 3.11 bits per heavy atom. The highest BCUT2D eigenvalue weighted by atomic mass is 16.5. The molecular formula is C15H24N2O2. The predicted molar refractivity (Wildman–Crippen MR) is 75.9 cm³/mol. The van der Waals surface area contributed by atoms with Crippen LogP contribution in [0, 0.1) is 0 Å². The summed E-state index contributed by atoms with van der Waals surface area (Å²) in [6, 6.07) is 2.77. The highest BCUT2D eigenvalue weighted by Crippen LogP contribution is 2.20. The fraction of sp³-hybridized carbons (Fsp3) is 0.600. The van der Waals surface area contributed by atoms with Gasteiger partial charge in [0.15, 0.2) is 0 Å². The average molecular weight is 264 g/mol. The third-order valence-corrected chi connectivity index (χ3v) is 3.36. The van der Waals surface area contributed by atoms with Crippen molar-refractivity contribution in [1.29, 1.82) is 0 Å². The molecule has 1 aliphatic rings. The van der Waals surface area contributed by atoms with Crippen molar-refractivity contribution >= 4 is 0 Å². The zero-order valence-corrected chi connectivity index (χ0v) is 11.7. The van der Waals surface area contributed by atoms with Crippen LogP contribution in [0.1, 0.15) is 24.2 Å². The van der Waals surface area contributed by atoms with Crippen molar-refractivity contribution in [2.75, 3.05) is 26.8 Å². The first-order chi connectivity index (χ1) is 9.33. The maximum Gasteiger partial charge on any atom is 0.122 e. The van der Waals surface area contributed by atoms with Gasteiger partial charge in [-0.1, -0.05) is 6.08 Å². The van der Waals surface area contributed by atoms with Crippen LogP contribution in [-0.2, 0) is 17.8 Å². The topological polar surface area (TPSA) is 37.6 Å². The second-order valence-electron chi connectivity index (χ2n) is 5.04. The molecule has 1 heterocycles. The van der Waals surface area contributed by atoms with E-state index < -0.39 is 0 Å². The summed E-state index contributed by atoms with van der Waals surface area (Å²) < 4.78 is 10.7. The fourth-order valence-corrected chi connectivity index (χ4v) is 2.07. The van der Waals surface area contributed by atoms with Gasteiger partial charge in [0, 0.05) is 38.3 Å². The van der Waals surface area contributed by atoms with E-state index in [2.05, 4.69) is 22.9 Å². The molecule has 0 atom stereocenters. The highest BCUT2D eigenvalue weighted by molar-refractivity contribution is 5.17. The molecule has 0 bridgehead atoms. The molecule has 4 nitrogen and oxygen atoms in total. The molecule has 1 saturated carbocycles. The number of furan rings is 1. The monoisotopic (exact) mass is 264 g/mol. The van der Waals surface area contributed by atoms with Gasteiger partial charge in [0.25, 0.3) is 0 Å². The largest absolute Gasteiger partial charge is 0.468 e. The number of hydrogen-bond acceptors (Lipinski definition) is 4. The van der Waals surface area contributed by atoms with Gasteiger partial charge in [-0.3, -0.25) is 4.90 Å². The Morgan fingerprint density at radius 1 is 1.58 bits per heavy atom. The first-order valence-electron chi connectivity index (χ1n) is 6.94. The van der Waals surface area contributed by atoms with Gasteiger partial charge < -0.3 is 14.5 Å². The van der Waals surface area contributed by atoms with Gasteiger partial charge in [0.05, 0.1) is 19.4 Å². The molecule has 0 radical (unpaired) electrons. The summed E-state index contributed by atoms with van der Waals surface area (Å²) in [5.74, 6) is 1.05. The van der Waals surface area contributed by atoms with Gasteiger partial charge >= 0.3 is 0 Å². The average Bonchev–Trinajstić information content (AvgIpc) is 3.14. The van der Waals surface area contributed by atoms with Crippen LogP contribution in [-0.4, -0.2) is 37.7 Å². The zero-order valence-electron chi connectivity index (χ0n) is 11.7. The van der Waals surface area contributed by atoms with Gasteiger partial charge in [-0.05, 0) is 18.9 Å². The molecule has 2 rings (SSSR count). The molecule has 106 valence electrons. The molecule has 0 aliphatic heterocycles. The Kier molecular flexibility index (Phi) is 5.63. The minimum Gasteiger partial charge on any atom is -0.468 e. The summed E-state index contributed by atoms with van der Waals surface area (Å²) in [5, 5.41) is 3.49. The molecule has 1 fully saturated rings. The number of rotatable bonds is 10. The quantitative estimate of drug-likeness (QED) is 0.657. The highest BCUT2D eigenvalue weighted by Gasteiger charge is 2.21. The first-order valence-corrected chi connectivity index (χ1v) is 6.94. The molecular weight excluding hydrogens is 240 g/mol. The molecule has 19 heavy (non-hydrogen) atoms. The van der Waals surface area contributed by atoms with Crippen molar-refractivity contribution in [3.8, 4) is 0 Å². The van der Waals surface area contributed by atoms with Crippen molar-refractivity contribution in [1.82, 2.24) is 10.2 Å². The predicted octanol–water partition coefficient (Wildman–Crippen LogP) is 2.17. The Balaban J connectivity index is 1.87. The Hall–Kier alpha value is -1.10. The molecule has 0 unspecified atom stereocenters. The summed E-state index contributed by atoms with van der Waals surface area (Å²) in [5.41, 5.74) is 1.26. The van der Waals surface area contributed by atoms with E-state index in [1.165, 1.54) is 18.4 Å². The van der Waals surface area contributed by atoms with Crippen LogP contribution < -0.4 is 5.32 Å². The molecule has 1 aromatic rings. The van der Waals surface area contributed by atoms with Crippen molar-refractivity contribution in [2.45, 2.75) is 32.0 Å². The minimum absolute atomic E-state index is 0.704. The lowest BCUT2D eigenvalue weighted by Crippen LogP contribution is -2.27. The van der Waals surface area contributed by atoms with Gasteiger partial charge in [0.2, 0.25) is 0 Å². The van der Waals surface area contributed by atoms with Crippen molar-refractivity contribution in [3.63, 3.8) is 0 Å². The van der Waals surface area contributed by atoms with E-state index in [0.29, 0.717) is 6.04 Å². The van der Waals surface area contributed by atoms with E-state index in [4.69, 9.17) is 9.15 Å². The van der Waals surface area contributed by atoms with Crippen LogP contribution >= 0.6 is 0 Å². The molecule has 1 aliphatic carbocycles. The molecule has 0 aromatic carbocycles. The lowest BCUT2D eigenvalue weighted by atomic mass is 10.2. The van der Waals surface area contributed by atoms with Crippen molar-refractivity contribution in [2.24, 2.45) is 0 Å². The van der Waals surface area contributed by atoms with Crippen LogP contribution in [0.4, 0.5) is 0 Å². The molecule has 1 aromatic heterocycles. The van der Waals surface area contributed by atoms with E-state index in [9.17, 15) is 0 Å². The van der Waals surface area contributed by atoms with Gasteiger partial charge in [-0.2, -0.15) is 0 Å². The normalized spacial score (nSPS) is 15.1. The van der Waals surface area contributed by atoms with Crippen molar-refractivity contribution in [3.05, 3.63) is 36.3 Å². The van der Waals surface area contributed by atoms with E-state index in [1.807, 2.05) is 6.08 Å². The molecule has 4 heteroatoms. The number of methoxy groups -OCH3 is 1. The Labute approximate surface area is 115 Å². The third-order valence-electron chi connectivity index (χ3n) is 3.36. The number of ether oxygens (including phenoxy) is 1. The van der Waals surface area contributed by atoms with Gasteiger partial charge in [-0.15, -0.1) is 6.58 Å². The Morgan fingerprint density at radius 2 is 2.42 bits per heavy atom. The molecule has 0 spiro atoms. The minimum atomic E-state index is 0.704. The van der Waals surface area contributed by atoms with E-state index >= 15 is 0 Å². The standard InChI is InChI=1S/C15H24N2O2/c1-3-7-17(8-10-18-2)12-13-6-9-19-15(13)11-16-14-4-5-14/h3,6,9,14,16H,1,4-5,7-8,10-12H2,2H3. The van der Waals surface area contributed by atoms with E-state index in [-0.39, 0.29) is 0 Å². The second kappa shape index (κ2) is 7.48. The van der Waals surface area contributed by atoms with E-state index in [1.54, 1.807) is 13.4 Å². The summed E-state index contributed by atoms with van der Waals surface area (Å²) >= 11 is 0. The Bertz CT molecular complexity index is 385. The molecule has 1 N–H and O–H groups in total. The van der Waals surface area contributed by atoms with Crippen molar-refractivity contribution < 1.29 is 9.15 Å². The van der Waals surface area contributed by atoms with Crippen LogP contribution in [0.3, 0.4) is 0 Å². The molecule has 0 amide bonds. The van der Waals surface area contributed by atoms with Crippen LogP contribution in [0.25, 0.3) is 0 Å². The van der Waals surface area contributed by atoms with Gasteiger partial charge in [0.1, 0.15) is 5.76 Å². The zero-order chi connectivity index (χ0) is 13.5. The number of nitrogens with one attached hydrogen (secondary N) is 1. The third kappa shape index (κ3) is 4.82. The number of hydrogen-bond donors (Lipinski definition) is 1. The summed E-state index contributed by atoms with van der Waals surface area (Å²) in [6.45, 7) is 8.03. The first kappa shape index (κ1) is 14.3. The summed E-state index contributed by atoms with van der Waals surface area (Å²) in [6.07, 6.45) is 6.30. The SMILES string of the molecule is C=CCN(CCOC)Cc1ccoc1CNC1CC1.